The third-order valence-corrected chi connectivity index (χ3v) is 3.65. The molecule has 2 aromatic rings. The molecule has 0 unspecified atom stereocenters. The van der Waals surface area contributed by atoms with E-state index in [9.17, 15) is 0 Å². The topological polar surface area (TPSA) is 35.6 Å². The summed E-state index contributed by atoms with van der Waals surface area (Å²) in [6.45, 7) is 0. The van der Waals surface area contributed by atoms with Gasteiger partial charge in [0.05, 0.1) is 23.5 Å². The Morgan fingerprint density at radius 3 is 2.81 bits per heavy atom. The lowest BCUT2D eigenvalue weighted by Crippen LogP contribution is -1.96. The van der Waals surface area contributed by atoms with E-state index in [0.717, 1.165) is 22.3 Å². The van der Waals surface area contributed by atoms with E-state index in [1.54, 1.807) is 16.4 Å². The Morgan fingerprint density at radius 1 is 1.44 bits per heavy atom. The average molecular weight is 257 g/mol. The Labute approximate surface area is 104 Å². The molecule has 0 aliphatic heterocycles. The van der Waals surface area contributed by atoms with E-state index in [-0.39, 0.29) is 0 Å². The summed E-state index contributed by atoms with van der Waals surface area (Å²) < 4.78 is 3.82. The van der Waals surface area contributed by atoms with Gasteiger partial charge in [-0.1, -0.05) is 11.8 Å². The minimum Gasteiger partial charge on any atom is -0.325 e. The van der Waals surface area contributed by atoms with Crippen LogP contribution >= 0.6 is 23.4 Å². The lowest BCUT2D eigenvalue weighted by atomic mass is 10.5. The van der Waals surface area contributed by atoms with Gasteiger partial charge in [-0.15, -0.1) is 11.6 Å². The van der Waals surface area contributed by atoms with Gasteiger partial charge in [0.1, 0.15) is 0 Å². The van der Waals surface area contributed by atoms with Crippen LogP contribution in [0.5, 0.6) is 0 Å². The third-order valence-electron chi connectivity index (χ3n) is 2.30. The summed E-state index contributed by atoms with van der Waals surface area (Å²) in [5, 5.41) is 5.29. The number of nitrogens with zero attached hydrogens (tertiary/aromatic N) is 4. The number of hydrogen-bond acceptors (Lipinski definition) is 3. The van der Waals surface area contributed by atoms with Crippen molar-refractivity contribution in [1.82, 2.24) is 19.3 Å². The van der Waals surface area contributed by atoms with Crippen LogP contribution in [-0.2, 0) is 25.7 Å². The molecule has 0 bridgehead atoms. The molecule has 6 heteroatoms. The number of thioether (sulfide) groups is 1. The maximum absolute atomic E-state index is 5.78. The fourth-order valence-corrected chi connectivity index (χ4v) is 2.48. The van der Waals surface area contributed by atoms with Gasteiger partial charge < -0.3 is 4.57 Å². The molecule has 0 aromatic carbocycles. The number of aryl methyl sites for hydroxylation is 1. The van der Waals surface area contributed by atoms with Crippen LogP contribution in [0.4, 0.5) is 0 Å². The van der Waals surface area contributed by atoms with Crippen LogP contribution in [0.2, 0.25) is 0 Å². The zero-order valence-electron chi connectivity index (χ0n) is 9.22. The summed E-state index contributed by atoms with van der Waals surface area (Å²) in [6.07, 6.45) is 3.76. The number of aromatic nitrogens is 4. The monoisotopic (exact) mass is 256 g/mol. The fraction of sp³-hybridized carbons (Fsp3) is 0.400. The van der Waals surface area contributed by atoms with Gasteiger partial charge in [0.25, 0.3) is 0 Å². The summed E-state index contributed by atoms with van der Waals surface area (Å²) in [7, 11) is 3.89. The van der Waals surface area contributed by atoms with Crippen LogP contribution in [0, 0.1) is 0 Å². The van der Waals surface area contributed by atoms with Crippen molar-refractivity contribution in [2.24, 2.45) is 14.1 Å². The Kier molecular flexibility index (Phi) is 3.56. The molecule has 0 radical (unpaired) electrons. The Morgan fingerprint density at radius 2 is 2.25 bits per heavy atom. The van der Waals surface area contributed by atoms with Crippen molar-refractivity contribution in [1.29, 1.82) is 0 Å². The molecule has 0 saturated heterocycles. The molecule has 0 saturated carbocycles. The molecule has 2 rings (SSSR count). The van der Waals surface area contributed by atoms with Crippen LogP contribution in [0.1, 0.15) is 11.4 Å². The van der Waals surface area contributed by atoms with E-state index in [1.165, 1.54) is 0 Å². The molecular formula is C10H13ClN4S. The van der Waals surface area contributed by atoms with Crippen LogP contribution in [0.15, 0.2) is 23.6 Å². The second kappa shape index (κ2) is 4.93. The molecule has 16 heavy (non-hydrogen) atoms. The smallest absolute Gasteiger partial charge is 0.168 e. The largest absolute Gasteiger partial charge is 0.325 e. The molecule has 4 nitrogen and oxygen atoms in total. The van der Waals surface area contributed by atoms with Gasteiger partial charge in [0.15, 0.2) is 5.16 Å². The summed E-state index contributed by atoms with van der Waals surface area (Å²) in [5.41, 5.74) is 2.09. The lowest BCUT2D eigenvalue weighted by molar-refractivity contribution is 0.750. The molecule has 86 valence electrons. The average Bonchev–Trinajstić information content (AvgIpc) is 2.83. The maximum Gasteiger partial charge on any atom is 0.168 e. The summed E-state index contributed by atoms with van der Waals surface area (Å²) in [4.78, 5) is 4.32. The molecule has 0 aliphatic carbocycles. The summed E-state index contributed by atoms with van der Waals surface area (Å²) in [6, 6.07) is 2.01. The maximum atomic E-state index is 5.78. The van der Waals surface area contributed by atoms with E-state index >= 15 is 0 Å². The van der Waals surface area contributed by atoms with E-state index in [4.69, 9.17) is 11.6 Å². The highest BCUT2D eigenvalue weighted by Crippen LogP contribution is 2.21. The van der Waals surface area contributed by atoms with Crippen molar-refractivity contribution >= 4 is 23.4 Å². The molecule has 0 atom stereocenters. The predicted octanol–water partition coefficient (Wildman–Crippen LogP) is 2.18. The highest BCUT2D eigenvalue weighted by atomic mass is 35.5. The van der Waals surface area contributed by atoms with Crippen molar-refractivity contribution in [3.8, 4) is 0 Å². The molecule has 0 spiro atoms. The zero-order valence-corrected chi connectivity index (χ0v) is 10.8. The van der Waals surface area contributed by atoms with E-state index in [2.05, 4.69) is 10.1 Å². The number of imidazole rings is 1. The van der Waals surface area contributed by atoms with Gasteiger partial charge in [-0.2, -0.15) is 5.10 Å². The standard InChI is InChI=1S/C10H13ClN4S/c1-14-4-3-8(13-14)7-16-10-12-6-9(5-11)15(10)2/h3-4,6H,5,7H2,1-2H3. The molecule has 2 heterocycles. The second-order valence-corrected chi connectivity index (χ2v) is 4.70. The minimum absolute atomic E-state index is 0.494. The molecule has 2 aromatic heterocycles. The normalized spacial score (nSPS) is 10.9. The highest BCUT2D eigenvalue weighted by Gasteiger charge is 2.07. The minimum atomic E-state index is 0.494. The van der Waals surface area contributed by atoms with Crippen molar-refractivity contribution in [2.75, 3.05) is 0 Å². The molecule has 0 N–H and O–H groups in total. The van der Waals surface area contributed by atoms with Gasteiger partial charge >= 0.3 is 0 Å². The number of rotatable bonds is 4. The van der Waals surface area contributed by atoms with Gasteiger partial charge in [-0.05, 0) is 6.07 Å². The lowest BCUT2D eigenvalue weighted by Gasteiger charge is -2.02. The molecular weight excluding hydrogens is 244 g/mol. The number of halogens is 1. The van der Waals surface area contributed by atoms with Crippen molar-refractivity contribution in [2.45, 2.75) is 16.8 Å². The Bertz CT molecular complexity index is 477. The third kappa shape index (κ3) is 2.41. The quantitative estimate of drug-likeness (QED) is 0.621. The Balaban J connectivity index is 2.02. The highest BCUT2D eigenvalue weighted by molar-refractivity contribution is 7.98. The first-order valence-electron chi connectivity index (χ1n) is 4.88. The van der Waals surface area contributed by atoms with Gasteiger partial charge in [0.2, 0.25) is 0 Å². The first-order valence-corrected chi connectivity index (χ1v) is 6.40. The second-order valence-electron chi connectivity index (χ2n) is 3.49. The summed E-state index contributed by atoms with van der Waals surface area (Å²) in [5.74, 6) is 1.32. The number of hydrogen-bond donors (Lipinski definition) is 0. The van der Waals surface area contributed by atoms with Crippen molar-refractivity contribution in [3.63, 3.8) is 0 Å². The number of alkyl halides is 1. The van der Waals surface area contributed by atoms with Crippen molar-refractivity contribution in [3.05, 3.63) is 29.8 Å². The van der Waals surface area contributed by atoms with E-state index < -0.39 is 0 Å². The molecule has 0 fully saturated rings. The first-order chi connectivity index (χ1) is 7.70. The first kappa shape index (κ1) is 11.5. The van der Waals surface area contributed by atoms with Crippen LogP contribution < -0.4 is 0 Å². The zero-order chi connectivity index (χ0) is 11.5. The predicted molar refractivity (Wildman–Crippen MR) is 65.5 cm³/mol. The molecule has 0 aliphatic rings. The van der Waals surface area contributed by atoms with Gasteiger partial charge in [-0.25, -0.2) is 4.98 Å². The SMILES string of the molecule is Cn1ccc(CSc2ncc(CCl)n2C)n1. The summed E-state index contributed by atoms with van der Waals surface area (Å²) >= 11 is 7.45. The van der Waals surface area contributed by atoms with Crippen molar-refractivity contribution < 1.29 is 0 Å². The molecule has 0 amide bonds. The van der Waals surface area contributed by atoms with E-state index in [1.807, 2.05) is 37.1 Å². The van der Waals surface area contributed by atoms with Crippen LogP contribution in [0.3, 0.4) is 0 Å². The fourth-order valence-electron chi connectivity index (χ4n) is 1.36. The van der Waals surface area contributed by atoms with Gasteiger partial charge in [-0.3, -0.25) is 4.68 Å². The van der Waals surface area contributed by atoms with Crippen LogP contribution in [0.25, 0.3) is 0 Å². The van der Waals surface area contributed by atoms with E-state index in [0.29, 0.717) is 5.88 Å². The van der Waals surface area contributed by atoms with Gasteiger partial charge in [0, 0.05) is 26.0 Å². The van der Waals surface area contributed by atoms with Crippen LogP contribution in [-0.4, -0.2) is 19.3 Å². The Hall–Kier alpha value is -0.940.